The molecule has 9 heteroatoms. The molecule has 1 aliphatic heterocycles. The van der Waals surface area contributed by atoms with Gasteiger partial charge in [0.25, 0.3) is 0 Å². The fourth-order valence-electron chi connectivity index (χ4n) is 13.0. The molecular weight excluding hydrogens is 1150 g/mol. The normalized spacial score (nSPS) is 17.9. The maximum atomic E-state index is 13.2. The number of unbranched alkanes of at least 4 members (excludes halogenated alkanes) is 52. The molecule has 0 radical (unpaired) electrons. The van der Waals surface area contributed by atoms with Gasteiger partial charge >= 0.3 is 0 Å². The van der Waals surface area contributed by atoms with E-state index in [-0.39, 0.29) is 12.5 Å². The summed E-state index contributed by atoms with van der Waals surface area (Å²) in [6.45, 7) is 3.72. The van der Waals surface area contributed by atoms with Gasteiger partial charge < -0.3 is 40.3 Å². The Hall–Kier alpha value is -2.37. The molecule has 0 aliphatic carbocycles. The fraction of sp³-hybridized carbons (Fsp3) is 0.845. The van der Waals surface area contributed by atoms with E-state index < -0.39 is 49.5 Å². The van der Waals surface area contributed by atoms with E-state index in [2.05, 4.69) is 79.9 Å². The van der Waals surface area contributed by atoms with Crippen LogP contribution in [-0.2, 0) is 14.3 Å². The molecule has 1 amide bonds. The number of ether oxygens (including phenoxy) is 2. The molecule has 6 N–H and O–H groups in total. The van der Waals surface area contributed by atoms with Gasteiger partial charge in [-0.25, -0.2) is 0 Å². The molecule has 1 saturated heterocycles. The smallest absolute Gasteiger partial charge is 0.220 e. The molecule has 0 aromatic heterocycles. The first-order valence-corrected chi connectivity index (χ1v) is 40.7. The van der Waals surface area contributed by atoms with Crippen molar-refractivity contribution >= 4 is 5.91 Å². The van der Waals surface area contributed by atoms with Crippen LogP contribution in [0.3, 0.4) is 0 Å². The van der Waals surface area contributed by atoms with Crippen LogP contribution in [0.2, 0.25) is 0 Å². The highest BCUT2D eigenvalue weighted by atomic mass is 16.7. The van der Waals surface area contributed by atoms with Crippen LogP contribution in [-0.4, -0.2) is 87.5 Å². The van der Waals surface area contributed by atoms with Crippen LogP contribution in [0.15, 0.2) is 72.9 Å². The standard InChI is InChI=1S/C84H155NO8/c1-3-5-7-9-11-13-15-17-19-21-23-25-27-29-31-33-35-37-38-39-40-42-44-46-48-50-52-54-56-58-60-62-64-66-68-70-72-74-80(88)85-77(76-92-84-83(91)82(90)81(89)79(75-86)93-84)78(87)73-71-69-67-65-63-61-59-57-55-53-51-49-47-45-43-41-36-34-32-30-28-26-24-22-20-18-16-14-12-10-8-6-4-2/h5,7,11,13,17,19,23,25,29,31,71,73,77-79,81-84,86-87,89-91H,3-4,6,8-10,12,14-16,18,20-22,24,26-28,30,32-70,72,74-76H2,1-2H3,(H,85,88)/b7-5-,13-11-,19-17-,25-23-,31-29-,73-71+. The fourth-order valence-corrected chi connectivity index (χ4v) is 13.0. The lowest BCUT2D eigenvalue weighted by Gasteiger charge is -2.40. The summed E-state index contributed by atoms with van der Waals surface area (Å²) in [6, 6.07) is -0.808. The van der Waals surface area contributed by atoms with E-state index >= 15 is 0 Å². The van der Waals surface area contributed by atoms with Gasteiger partial charge in [0.15, 0.2) is 6.29 Å². The van der Waals surface area contributed by atoms with Crippen molar-refractivity contribution < 1.29 is 39.8 Å². The first-order chi connectivity index (χ1) is 45.8. The number of carbonyl (C=O) groups excluding carboxylic acids is 1. The van der Waals surface area contributed by atoms with E-state index in [9.17, 15) is 30.3 Å². The van der Waals surface area contributed by atoms with Crippen LogP contribution in [0.25, 0.3) is 0 Å². The van der Waals surface area contributed by atoms with Crippen molar-refractivity contribution in [3.8, 4) is 0 Å². The number of hydrogen-bond acceptors (Lipinski definition) is 8. The van der Waals surface area contributed by atoms with Gasteiger partial charge in [-0.1, -0.05) is 401 Å². The molecule has 0 bridgehead atoms. The monoisotopic (exact) mass is 1310 g/mol. The van der Waals surface area contributed by atoms with Crippen molar-refractivity contribution in [2.75, 3.05) is 13.2 Å². The summed E-state index contributed by atoms with van der Waals surface area (Å²) in [5.41, 5.74) is 0. The third kappa shape index (κ3) is 60.5. The summed E-state index contributed by atoms with van der Waals surface area (Å²) in [5.74, 6) is -0.170. The SMILES string of the molecule is CC/C=C\C/C=C\C/C=C\C/C=C\C/C=C\CCCCCCCCCCCCCCCCCCCCCCCC(=O)NC(COC1OC(CO)C(O)C(O)C1O)C(O)/C=C/CCCCCCCCCCCCCCCCCCCCCCCCCCCCCCCCC. The predicted molar refractivity (Wildman–Crippen MR) is 401 cm³/mol. The third-order valence-corrected chi connectivity index (χ3v) is 19.3. The molecule has 1 fully saturated rings. The van der Waals surface area contributed by atoms with Gasteiger partial charge in [0.2, 0.25) is 5.91 Å². The number of hydrogen-bond donors (Lipinski definition) is 6. The van der Waals surface area contributed by atoms with Gasteiger partial charge in [-0.15, -0.1) is 0 Å². The summed E-state index contributed by atoms with van der Waals surface area (Å²) in [4.78, 5) is 13.2. The van der Waals surface area contributed by atoms with Crippen molar-refractivity contribution in [2.45, 2.75) is 442 Å². The van der Waals surface area contributed by atoms with Gasteiger partial charge in [0, 0.05) is 6.42 Å². The lowest BCUT2D eigenvalue weighted by atomic mass is 9.99. The number of aliphatic hydroxyl groups excluding tert-OH is 5. The molecule has 0 aromatic rings. The third-order valence-electron chi connectivity index (χ3n) is 19.3. The zero-order valence-electron chi connectivity index (χ0n) is 61.3. The van der Waals surface area contributed by atoms with Gasteiger partial charge in [0.1, 0.15) is 24.4 Å². The Morgan fingerprint density at radius 1 is 0.376 bits per heavy atom. The molecule has 1 aliphatic rings. The quantitative estimate of drug-likeness (QED) is 0.0261. The number of nitrogens with one attached hydrogen (secondary N) is 1. The average Bonchev–Trinajstić information content (AvgIpc) is 1.01. The molecule has 1 heterocycles. The van der Waals surface area contributed by atoms with Crippen LogP contribution in [0.1, 0.15) is 399 Å². The van der Waals surface area contributed by atoms with Gasteiger partial charge in [0.05, 0.1) is 25.4 Å². The second kappa shape index (κ2) is 72.4. The number of rotatable bonds is 72. The van der Waals surface area contributed by atoms with Crippen LogP contribution in [0.4, 0.5) is 0 Å². The second-order valence-electron chi connectivity index (χ2n) is 28.2. The summed E-state index contributed by atoms with van der Waals surface area (Å²) >= 11 is 0. The molecule has 0 aromatic carbocycles. The average molecular weight is 1310 g/mol. The minimum atomic E-state index is -1.57. The Morgan fingerprint density at radius 2 is 0.667 bits per heavy atom. The van der Waals surface area contributed by atoms with Crippen LogP contribution >= 0.6 is 0 Å². The zero-order valence-corrected chi connectivity index (χ0v) is 61.3. The van der Waals surface area contributed by atoms with E-state index in [0.29, 0.717) is 6.42 Å². The first kappa shape index (κ1) is 88.6. The van der Waals surface area contributed by atoms with Crippen molar-refractivity contribution in [3.05, 3.63) is 72.9 Å². The molecule has 0 spiro atoms. The van der Waals surface area contributed by atoms with Crippen molar-refractivity contribution in [2.24, 2.45) is 0 Å². The van der Waals surface area contributed by atoms with Gasteiger partial charge in [-0.2, -0.15) is 0 Å². The van der Waals surface area contributed by atoms with E-state index in [1.165, 1.54) is 308 Å². The zero-order chi connectivity index (χ0) is 67.1. The molecule has 1 rings (SSSR count). The molecule has 7 atom stereocenters. The molecule has 93 heavy (non-hydrogen) atoms. The predicted octanol–water partition coefficient (Wildman–Crippen LogP) is 23.4. The lowest BCUT2D eigenvalue weighted by molar-refractivity contribution is -0.302. The summed E-state index contributed by atoms with van der Waals surface area (Å²) in [5, 5.41) is 55.0. The molecule has 544 valence electrons. The van der Waals surface area contributed by atoms with Crippen LogP contribution in [0.5, 0.6) is 0 Å². The minimum Gasteiger partial charge on any atom is -0.394 e. The summed E-state index contributed by atoms with van der Waals surface area (Å²) in [6.07, 6.45) is 96.3. The molecule has 9 nitrogen and oxygen atoms in total. The Morgan fingerprint density at radius 3 is 0.989 bits per heavy atom. The maximum absolute atomic E-state index is 13.2. The highest BCUT2D eigenvalue weighted by molar-refractivity contribution is 5.76. The Kier molecular flexibility index (Phi) is 69.0. The number of amides is 1. The lowest BCUT2D eigenvalue weighted by Crippen LogP contribution is -2.60. The summed E-state index contributed by atoms with van der Waals surface area (Å²) in [7, 11) is 0. The van der Waals surface area contributed by atoms with Crippen molar-refractivity contribution in [1.29, 1.82) is 0 Å². The summed E-state index contributed by atoms with van der Waals surface area (Å²) < 4.78 is 11.4. The Bertz CT molecular complexity index is 1710. The molecule has 7 unspecified atom stereocenters. The second-order valence-corrected chi connectivity index (χ2v) is 28.2. The highest BCUT2D eigenvalue weighted by Crippen LogP contribution is 2.24. The molecular formula is C84H155NO8. The Balaban J connectivity index is 2.06. The van der Waals surface area contributed by atoms with E-state index in [0.717, 1.165) is 70.6 Å². The number of allylic oxidation sites excluding steroid dienone is 11. The van der Waals surface area contributed by atoms with E-state index in [4.69, 9.17) is 9.47 Å². The number of carbonyl (C=O) groups is 1. The highest BCUT2D eigenvalue weighted by Gasteiger charge is 2.44. The van der Waals surface area contributed by atoms with E-state index in [1.807, 2.05) is 6.08 Å². The largest absolute Gasteiger partial charge is 0.394 e. The minimum absolute atomic E-state index is 0.170. The topological polar surface area (TPSA) is 149 Å². The van der Waals surface area contributed by atoms with Gasteiger partial charge in [-0.3, -0.25) is 4.79 Å². The molecule has 0 saturated carbocycles. The Labute approximate surface area is 576 Å². The first-order valence-electron chi connectivity index (χ1n) is 40.7. The van der Waals surface area contributed by atoms with Crippen LogP contribution < -0.4 is 5.32 Å². The van der Waals surface area contributed by atoms with E-state index in [1.54, 1.807) is 6.08 Å². The van der Waals surface area contributed by atoms with Crippen LogP contribution in [0, 0.1) is 0 Å². The maximum Gasteiger partial charge on any atom is 0.220 e. The van der Waals surface area contributed by atoms with Gasteiger partial charge in [-0.05, 0) is 64.2 Å². The number of aliphatic hydroxyl groups is 5. The van der Waals surface area contributed by atoms with Crippen molar-refractivity contribution in [1.82, 2.24) is 5.32 Å². The van der Waals surface area contributed by atoms with Crippen molar-refractivity contribution in [3.63, 3.8) is 0 Å².